The molecule has 1 aliphatic rings. The van der Waals surface area contributed by atoms with Crippen LogP contribution in [0.3, 0.4) is 0 Å². The Morgan fingerprint density at radius 3 is 1.65 bits per heavy atom. The lowest BCUT2D eigenvalue weighted by atomic mass is 9.63. The summed E-state index contributed by atoms with van der Waals surface area (Å²) in [4.78, 5) is 15.3. The van der Waals surface area contributed by atoms with Gasteiger partial charge < -0.3 is 8.98 Å². The number of hydrogen-bond acceptors (Lipinski definition) is 4. The molecule has 3 heterocycles. The Morgan fingerprint density at radius 1 is 0.433 bits per heavy atom. The SMILES string of the molecule is CC1(C)CCC(C)(C)c2cc3c(cc21)c1c2ccccc2c2ccccc2c1n3-c1ccc(-c2nc(-c3ccccc3)nc(-c3ccc4c(c3)oc3ccccc34)n2)cc1. The number of hydrogen-bond donors (Lipinski definition) is 0. The summed E-state index contributed by atoms with van der Waals surface area (Å²) in [5.74, 6) is 1.84. The predicted molar refractivity (Wildman–Crippen MR) is 248 cm³/mol. The summed E-state index contributed by atoms with van der Waals surface area (Å²) in [6, 6.07) is 56.2. The molecule has 0 saturated heterocycles. The number of para-hydroxylation sites is 1. The second-order valence-electron chi connectivity index (χ2n) is 17.9. The minimum Gasteiger partial charge on any atom is -0.456 e. The van der Waals surface area contributed by atoms with Gasteiger partial charge in [-0.3, -0.25) is 0 Å². The highest BCUT2D eigenvalue weighted by molar-refractivity contribution is 6.32. The maximum absolute atomic E-state index is 6.28. The summed E-state index contributed by atoms with van der Waals surface area (Å²) in [5.41, 5.74) is 11.0. The van der Waals surface area contributed by atoms with Gasteiger partial charge in [-0.05, 0) is 106 Å². The normalized spacial score (nSPS) is 14.8. The number of aromatic nitrogens is 4. The van der Waals surface area contributed by atoms with Crippen molar-refractivity contribution in [3.8, 4) is 39.9 Å². The summed E-state index contributed by atoms with van der Waals surface area (Å²) < 4.78 is 8.79. The molecule has 0 fully saturated rings. The van der Waals surface area contributed by atoms with Gasteiger partial charge in [-0.15, -0.1) is 0 Å². The van der Waals surface area contributed by atoms with Gasteiger partial charge in [0.2, 0.25) is 0 Å². The van der Waals surface area contributed by atoms with Crippen molar-refractivity contribution < 1.29 is 4.42 Å². The first kappa shape index (κ1) is 34.9. The molecule has 0 atom stereocenters. The standard InChI is InChI=1S/C55H42N4O/c1-54(2)28-29-55(3,4)45-32-46-43(31-44(45)54)49-41-19-10-8-16-37(41)38-17-9-11-20-42(38)50(49)59(46)36-25-22-34(23-26-36)52-56-51(33-14-6-5-7-15-33)57-53(58-52)35-24-27-40-39-18-12-13-21-47(39)60-48(40)30-35/h5-27,30-32H,28-29H2,1-4H3. The van der Waals surface area contributed by atoms with E-state index >= 15 is 0 Å². The number of rotatable bonds is 4. The van der Waals surface area contributed by atoms with Crippen LogP contribution in [0.1, 0.15) is 51.7 Å². The van der Waals surface area contributed by atoms with Crippen LogP contribution in [0.2, 0.25) is 0 Å². The molecule has 0 N–H and O–H groups in total. The lowest BCUT2D eigenvalue weighted by molar-refractivity contribution is 0.332. The Hall–Kier alpha value is -7.11. The fourth-order valence-electron chi connectivity index (χ4n) is 9.98. The largest absolute Gasteiger partial charge is 0.456 e. The Balaban J connectivity index is 1.08. The second-order valence-corrected chi connectivity index (χ2v) is 17.9. The van der Waals surface area contributed by atoms with Crippen LogP contribution in [0.25, 0.3) is 105 Å². The van der Waals surface area contributed by atoms with Crippen LogP contribution in [0, 0.1) is 0 Å². The molecule has 288 valence electrons. The van der Waals surface area contributed by atoms with E-state index in [1.807, 2.05) is 54.6 Å². The molecule has 0 bridgehead atoms. The van der Waals surface area contributed by atoms with E-state index in [1.54, 1.807) is 0 Å². The predicted octanol–water partition coefficient (Wildman–Crippen LogP) is 14.5. The van der Waals surface area contributed by atoms with E-state index in [4.69, 9.17) is 19.4 Å². The molecule has 0 unspecified atom stereocenters. The molecule has 3 aromatic heterocycles. The molecule has 0 radical (unpaired) electrons. The summed E-state index contributed by atoms with van der Waals surface area (Å²) in [6.45, 7) is 9.68. The topological polar surface area (TPSA) is 56.7 Å². The van der Waals surface area contributed by atoms with Crippen molar-refractivity contribution in [2.24, 2.45) is 0 Å². The van der Waals surface area contributed by atoms with E-state index in [-0.39, 0.29) is 10.8 Å². The molecule has 11 aromatic rings. The Kier molecular flexibility index (Phi) is 7.38. The summed E-state index contributed by atoms with van der Waals surface area (Å²) >= 11 is 0. The average Bonchev–Trinajstić information content (AvgIpc) is 3.84. The lowest BCUT2D eigenvalue weighted by Crippen LogP contribution is -2.33. The minimum absolute atomic E-state index is 0.0656. The van der Waals surface area contributed by atoms with Gasteiger partial charge in [0.15, 0.2) is 17.5 Å². The van der Waals surface area contributed by atoms with E-state index in [0.717, 1.165) is 50.7 Å². The van der Waals surface area contributed by atoms with Crippen LogP contribution >= 0.6 is 0 Å². The average molecular weight is 775 g/mol. The third-order valence-electron chi connectivity index (χ3n) is 13.3. The van der Waals surface area contributed by atoms with E-state index in [2.05, 4.69) is 135 Å². The van der Waals surface area contributed by atoms with E-state index in [9.17, 15) is 0 Å². The second kappa shape index (κ2) is 12.7. The van der Waals surface area contributed by atoms with Gasteiger partial charge in [0.05, 0.1) is 11.0 Å². The minimum atomic E-state index is 0.0656. The van der Waals surface area contributed by atoms with Crippen LogP contribution in [0.5, 0.6) is 0 Å². The molecule has 60 heavy (non-hydrogen) atoms. The zero-order chi connectivity index (χ0) is 40.3. The zero-order valence-electron chi connectivity index (χ0n) is 34.1. The van der Waals surface area contributed by atoms with Crippen molar-refractivity contribution >= 4 is 65.3 Å². The van der Waals surface area contributed by atoms with Crippen molar-refractivity contribution in [1.29, 1.82) is 0 Å². The first-order valence-electron chi connectivity index (χ1n) is 21.0. The van der Waals surface area contributed by atoms with Gasteiger partial charge in [-0.2, -0.15) is 0 Å². The third kappa shape index (κ3) is 5.21. The monoisotopic (exact) mass is 774 g/mol. The first-order chi connectivity index (χ1) is 29.2. The Bertz CT molecular complexity index is 3540. The molecule has 1 aliphatic carbocycles. The molecule has 0 amide bonds. The highest BCUT2D eigenvalue weighted by Crippen LogP contribution is 2.50. The molecule has 0 saturated carbocycles. The molecule has 12 rings (SSSR count). The molecule has 0 spiro atoms. The van der Waals surface area contributed by atoms with Gasteiger partial charge in [0.1, 0.15) is 11.2 Å². The van der Waals surface area contributed by atoms with E-state index in [0.29, 0.717) is 17.5 Å². The van der Waals surface area contributed by atoms with Crippen LogP contribution in [0.15, 0.2) is 162 Å². The highest BCUT2D eigenvalue weighted by atomic mass is 16.3. The van der Waals surface area contributed by atoms with E-state index in [1.165, 1.54) is 60.9 Å². The molecular weight excluding hydrogens is 733 g/mol. The van der Waals surface area contributed by atoms with Gasteiger partial charge in [0.25, 0.3) is 0 Å². The molecule has 5 heteroatoms. The molecular formula is C55H42N4O. The maximum atomic E-state index is 6.28. The van der Waals surface area contributed by atoms with Crippen LogP contribution in [-0.4, -0.2) is 19.5 Å². The van der Waals surface area contributed by atoms with Crippen molar-refractivity contribution in [3.05, 3.63) is 169 Å². The number of nitrogens with zero attached hydrogens (tertiary/aromatic N) is 4. The maximum Gasteiger partial charge on any atom is 0.164 e. The van der Waals surface area contributed by atoms with E-state index < -0.39 is 0 Å². The molecule has 0 aliphatic heterocycles. The molecule has 5 nitrogen and oxygen atoms in total. The molecule has 8 aromatic carbocycles. The highest BCUT2D eigenvalue weighted by Gasteiger charge is 2.38. The van der Waals surface area contributed by atoms with Crippen molar-refractivity contribution in [2.75, 3.05) is 0 Å². The summed E-state index contributed by atoms with van der Waals surface area (Å²) in [6.07, 6.45) is 2.33. The fourth-order valence-corrected chi connectivity index (χ4v) is 9.98. The Labute approximate surface area is 348 Å². The van der Waals surface area contributed by atoms with Crippen molar-refractivity contribution in [3.63, 3.8) is 0 Å². The number of furan rings is 1. The smallest absolute Gasteiger partial charge is 0.164 e. The van der Waals surface area contributed by atoms with Gasteiger partial charge >= 0.3 is 0 Å². The quantitative estimate of drug-likeness (QED) is 0.167. The fraction of sp³-hybridized carbons (Fsp3) is 0.145. The lowest BCUT2D eigenvalue weighted by Gasteiger charge is -2.42. The van der Waals surface area contributed by atoms with Gasteiger partial charge in [-0.1, -0.05) is 131 Å². The summed E-state index contributed by atoms with van der Waals surface area (Å²) in [5, 5.41) is 9.85. The van der Waals surface area contributed by atoms with Crippen LogP contribution in [-0.2, 0) is 10.8 Å². The van der Waals surface area contributed by atoms with Crippen molar-refractivity contribution in [2.45, 2.75) is 51.4 Å². The van der Waals surface area contributed by atoms with Crippen LogP contribution in [0.4, 0.5) is 0 Å². The summed E-state index contributed by atoms with van der Waals surface area (Å²) in [7, 11) is 0. The van der Waals surface area contributed by atoms with Gasteiger partial charge in [0, 0.05) is 49.3 Å². The Morgan fingerprint density at radius 2 is 0.950 bits per heavy atom. The van der Waals surface area contributed by atoms with Gasteiger partial charge in [-0.25, -0.2) is 15.0 Å². The zero-order valence-corrected chi connectivity index (χ0v) is 34.1. The number of fused-ring (bicyclic) bond motifs is 12. The first-order valence-corrected chi connectivity index (χ1v) is 21.0. The van der Waals surface area contributed by atoms with Crippen molar-refractivity contribution in [1.82, 2.24) is 19.5 Å². The van der Waals surface area contributed by atoms with Crippen LogP contribution < -0.4 is 0 Å². The third-order valence-corrected chi connectivity index (χ3v) is 13.3. The number of benzene rings is 8.